The van der Waals surface area contributed by atoms with E-state index in [2.05, 4.69) is 215 Å². The van der Waals surface area contributed by atoms with Gasteiger partial charge in [-0.3, -0.25) is 4.57 Å². The molecule has 0 bridgehead atoms. The third kappa shape index (κ3) is 6.82. The van der Waals surface area contributed by atoms with E-state index in [1.165, 1.54) is 0 Å². The maximum absolute atomic E-state index is 5.32. The molecule has 6 nitrogen and oxygen atoms in total. The summed E-state index contributed by atoms with van der Waals surface area (Å²) in [5.74, 6) is 1.78. The lowest BCUT2D eigenvalue weighted by atomic mass is 9.99. The van der Waals surface area contributed by atoms with Gasteiger partial charge in [0.1, 0.15) is 0 Å². The molecule has 318 valence electrons. The molecule has 68 heavy (non-hydrogen) atoms. The number of aromatic nitrogens is 6. The van der Waals surface area contributed by atoms with Crippen LogP contribution in [0.15, 0.2) is 243 Å². The van der Waals surface area contributed by atoms with Gasteiger partial charge in [0.2, 0.25) is 5.95 Å². The summed E-state index contributed by atoms with van der Waals surface area (Å²) in [6.45, 7) is 0. The molecule has 0 spiro atoms. The van der Waals surface area contributed by atoms with Gasteiger partial charge in [-0.15, -0.1) is 0 Å². The zero-order chi connectivity index (χ0) is 45.0. The van der Waals surface area contributed by atoms with Crippen LogP contribution in [0.5, 0.6) is 0 Å². The second-order valence-electron chi connectivity index (χ2n) is 17.1. The Morgan fingerprint density at radius 1 is 0.235 bits per heavy atom. The Morgan fingerprint density at radius 3 is 1.28 bits per heavy atom. The summed E-state index contributed by atoms with van der Waals surface area (Å²) >= 11 is 0. The van der Waals surface area contributed by atoms with E-state index in [0.717, 1.165) is 105 Å². The van der Waals surface area contributed by atoms with E-state index in [4.69, 9.17) is 19.9 Å². The first kappa shape index (κ1) is 39.1. The van der Waals surface area contributed by atoms with Crippen LogP contribution < -0.4 is 0 Å². The fourth-order valence-electron chi connectivity index (χ4n) is 9.74. The lowest BCUT2D eigenvalue weighted by molar-refractivity contribution is 0.954. The van der Waals surface area contributed by atoms with E-state index in [9.17, 15) is 0 Å². The van der Waals surface area contributed by atoms with Crippen LogP contribution >= 0.6 is 0 Å². The van der Waals surface area contributed by atoms with Gasteiger partial charge >= 0.3 is 0 Å². The van der Waals surface area contributed by atoms with Crippen LogP contribution in [-0.4, -0.2) is 29.1 Å². The number of hydrogen-bond acceptors (Lipinski definition) is 4. The zero-order valence-electron chi connectivity index (χ0n) is 36.8. The molecule has 6 heteroatoms. The SMILES string of the molecule is c1ccc(-c2cccc(-c3nc(-c4ccccc4)nc(-n4c5ccccc5c5cc6c(cc54)c4ccccc4n6-c4cccc(-c5cc(-c6ccccc6)nc(-c6ccccc6)c5)c4)n3)c2)cc1. The molecule has 4 heterocycles. The minimum atomic E-state index is 0.558. The van der Waals surface area contributed by atoms with Gasteiger partial charge in [-0.25, -0.2) is 9.97 Å². The van der Waals surface area contributed by atoms with Crippen LogP contribution in [0.1, 0.15) is 0 Å². The maximum Gasteiger partial charge on any atom is 0.238 e. The van der Waals surface area contributed by atoms with Crippen LogP contribution in [-0.2, 0) is 0 Å². The van der Waals surface area contributed by atoms with Gasteiger partial charge in [-0.05, 0) is 76.9 Å². The van der Waals surface area contributed by atoms with Gasteiger partial charge in [0, 0.05) is 49.5 Å². The van der Waals surface area contributed by atoms with Crippen molar-refractivity contribution in [3.63, 3.8) is 0 Å². The van der Waals surface area contributed by atoms with E-state index in [-0.39, 0.29) is 0 Å². The number of fused-ring (bicyclic) bond motifs is 6. The Labute approximate surface area is 392 Å². The average Bonchev–Trinajstić information content (AvgIpc) is 3.93. The van der Waals surface area contributed by atoms with Crippen molar-refractivity contribution in [1.82, 2.24) is 29.1 Å². The predicted molar refractivity (Wildman–Crippen MR) is 279 cm³/mol. The van der Waals surface area contributed by atoms with Crippen LogP contribution in [0.2, 0.25) is 0 Å². The van der Waals surface area contributed by atoms with Crippen molar-refractivity contribution in [2.45, 2.75) is 0 Å². The summed E-state index contributed by atoms with van der Waals surface area (Å²) in [6.07, 6.45) is 0. The van der Waals surface area contributed by atoms with Crippen LogP contribution in [0, 0.1) is 0 Å². The first-order valence-electron chi connectivity index (χ1n) is 22.9. The maximum atomic E-state index is 5.32. The molecule has 0 unspecified atom stereocenters. The molecule has 0 aliphatic heterocycles. The van der Waals surface area contributed by atoms with E-state index in [1.54, 1.807) is 0 Å². The van der Waals surface area contributed by atoms with Crippen molar-refractivity contribution in [2.75, 3.05) is 0 Å². The van der Waals surface area contributed by atoms with Crippen molar-refractivity contribution < 1.29 is 0 Å². The Bertz CT molecular complexity index is 3950. The molecule has 13 rings (SSSR count). The molecule has 0 N–H and O–H groups in total. The van der Waals surface area contributed by atoms with Gasteiger partial charge < -0.3 is 4.57 Å². The van der Waals surface area contributed by atoms with Gasteiger partial charge in [-0.2, -0.15) is 9.97 Å². The Kier molecular flexibility index (Phi) is 9.39. The monoisotopic (exact) mass is 868 g/mol. The van der Waals surface area contributed by atoms with Crippen LogP contribution in [0.3, 0.4) is 0 Å². The van der Waals surface area contributed by atoms with Gasteiger partial charge in [0.15, 0.2) is 11.6 Å². The highest BCUT2D eigenvalue weighted by Crippen LogP contribution is 2.41. The zero-order valence-corrected chi connectivity index (χ0v) is 36.8. The fraction of sp³-hybridized carbons (Fsp3) is 0. The molecule has 0 amide bonds. The summed E-state index contributed by atoms with van der Waals surface area (Å²) in [6, 6.07) is 85.2. The molecule has 0 aliphatic rings. The standard InChI is InChI=1S/C62H40N6/c1-5-19-41(20-6-1)45-27-17-29-47(35-45)61-64-60(44-25-11-4-12-26-44)65-62(66-61)68-57-34-16-14-32-51(57)53-39-58-52(40-59(53)68)50-31-13-15-33-56(50)67(58)49-30-18-28-46(36-49)48-37-54(42-21-7-2-8-22-42)63-55(38-48)43-23-9-3-10-24-43/h1-40H. The molecule has 4 aromatic heterocycles. The minimum Gasteiger partial charge on any atom is -0.309 e. The van der Waals surface area contributed by atoms with Gasteiger partial charge in [0.05, 0.1) is 33.5 Å². The Morgan fingerprint density at radius 2 is 0.676 bits per heavy atom. The molecular weight excluding hydrogens is 829 g/mol. The summed E-state index contributed by atoms with van der Waals surface area (Å²) in [4.78, 5) is 20.9. The number of para-hydroxylation sites is 2. The number of nitrogens with zero attached hydrogens (tertiary/aromatic N) is 6. The first-order chi connectivity index (χ1) is 33.7. The predicted octanol–water partition coefficient (Wildman–Crippen LogP) is 15.5. The van der Waals surface area contributed by atoms with Gasteiger partial charge in [0.25, 0.3) is 0 Å². The van der Waals surface area contributed by atoms with E-state index < -0.39 is 0 Å². The van der Waals surface area contributed by atoms with E-state index in [0.29, 0.717) is 17.6 Å². The highest BCUT2D eigenvalue weighted by Gasteiger charge is 2.22. The van der Waals surface area contributed by atoms with Crippen molar-refractivity contribution in [3.05, 3.63) is 243 Å². The third-order valence-electron chi connectivity index (χ3n) is 13.0. The summed E-state index contributed by atoms with van der Waals surface area (Å²) in [5, 5.41) is 4.52. The van der Waals surface area contributed by atoms with Crippen LogP contribution in [0.4, 0.5) is 0 Å². The largest absolute Gasteiger partial charge is 0.309 e. The highest BCUT2D eigenvalue weighted by atomic mass is 15.2. The summed E-state index contributed by atoms with van der Waals surface area (Å²) in [7, 11) is 0. The molecule has 13 aromatic rings. The van der Waals surface area contributed by atoms with Crippen molar-refractivity contribution in [2.24, 2.45) is 0 Å². The third-order valence-corrected chi connectivity index (χ3v) is 13.0. The lowest BCUT2D eigenvalue weighted by Crippen LogP contribution is -2.06. The van der Waals surface area contributed by atoms with Crippen molar-refractivity contribution in [1.29, 1.82) is 0 Å². The molecule has 0 aliphatic carbocycles. The Hall–Kier alpha value is -9.26. The number of benzene rings is 9. The molecule has 9 aromatic carbocycles. The molecular formula is C62H40N6. The second-order valence-corrected chi connectivity index (χ2v) is 17.1. The summed E-state index contributed by atoms with van der Waals surface area (Å²) < 4.78 is 4.62. The second kappa shape index (κ2) is 16.3. The smallest absolute Gasteiger partial charge is 0.238 e. The molecule has 0 radical (unpaired) electrons. The van der Waals surface area contributed by atoms with Crippen molar-refractivity contribution in [3.8, 4) is 79.2 Å². The normalized spacial score (nSPS) is 11.5. The number of pyridine rings is 1. The average molecular weight is 869 g/mol. The molecule has 0 atom stereocenters. The molecule has 0 saturated heterocycles. The van der Waals surface area contributed by atoms with Crippen LogP contribution in [0.25, 0.3) is 123 Å². The minimum absolute atomic E-state index is 0.558. The van der Waals surface area contributed by atoms with Crippen molar-refractivity contribution >= 4 is 43.6 Å². The first-order valence-corrected chi connectivity index (χ1v) is 22.9. The number of hydrogen-bond donors (Lipinski definition) is 0. The Balaban J connectivity index is 1.01. The van der Waals surface area contributed by atoms with E-state index >= 15 is 0 Å². The lowest BCUT2D eigenvalue weighted by Gasteiger charge is -2.13. The number of rotatable bonds is 8. The summed E-state index contributed by atoms with van der Waals surface area (Å²) in [5.41, 5.74) is 15.7. The highest BCUT2D eigenvalue weighted by molar-refractivity contribution is 6.19. The molecule has 0 fully saturated rings. The van der Waals surface area contributed by atoms with Gasteiger partial charge in [-0.1, -0.05) is 188 Å². The molecule has 0 saturated carbocycles. The van der Waals surface area contributed by atoms with E-state index in [1.807, 2.05) is 36.4 Å². The quantitative estimate of drug-likeness (QED) is 0.153. The topological polar surface area (TPSA) is 61.4 Å². The fourth-order valence-corrected chi connectivity index (χ4v) is 9.74.